The third-order valence-corrected chi connectivity index (χ3v) is 5.51. The summed E-state index contributed by atoms with van der Waals surface area (Å²) in [6.07, 6.45) is 3.16. The van der Waals surface area contributed by atoms with Crippen molar-refractivity contribution in [1.29, 1.82) is 0 Å². The third-order valence-electron chi connectivity index (χ3n) is 5.51. The maximum atomic E-state index is 10.6. The summed E-state index contributed by atoms with van der Waals surface area (Å²) in [6.45, 7) is 8.54. The molecule has 92 valence electrons. The van der Waals surface area contributed by atoms with E-state index in [9.17, 15) is 10.2 Å². The van der Waals surface area contributed by atoms with Gasteiger partial charge in [-0.25, -0.2) is 0 Å². The van der Waals surface area contributed by atoms with E-state index in [1.807, 2.05) is 7.05 Å². The highest BCUT2D eigenvalue weighted by atomic mass is 16.5. The molecule has 3 nitrogen and oxygen atoms in total. The van der Waals surface area contributed by atoms with Crippen LogP contribution in [0, 0.1) is 16.2 Å². The molecule has 3 saturated heterocycles. The van der Waals surface area contributed by atoms with Crippen molar-refractivity contribution in [2.24, 2.45) is 16.2 Å². The summed E-state index contributed by atoms with van der Waals surface area (Å²) in [5, 5.41) is 21.1. The number of aliphatic hydroxyl groups is 2. The average molecular weight is 226 g/mol. The van der Waals surface area contributed by atoms with Crippen molar-refractivity contribution in [1.82, 2.24) is 0 Å². The normalized spacial score (nSPS) is 62.6. The fourth-order valence-corrected chi connectivity index (χ4v) is 6.18. The first-order valence-electron chi connectivity index (χ1n) is 6.33. The Morgan fingerprint density at radius 1 is 0.875 bits per heavy atom. The van der Waals surface area contributed by atoms with Crippen LogP contribution in [0.4, 0.5) is 0 Å². The number of hydrogen-bond donors (Lipinski definition) is 2. The summed E-state index contributed by atoms with van der Waals surface area (Å²) in [4.78, 5) is 0. The van der Waals surface area contributed by atoms with Gasteiger partial charge in [0.25, 0.3) is 0 Å². The average Bonchev–Trinajstić information content (AvgIpc) is 1.93. The first-order chi connectivity index (χ1) is 7.04. The van der Waals surface area contributed by atoms with Crippen LogP contribution in [0.2, 0.25) is 0 Å². The van der Waals surface area contributed by atoms with Gasteiger partial charge in [-0.15, -0.1) is 0 Å². The van der Waals surface area contributed by atoms with E-state index in [-0.39, 0.29) is 5.41 Å². The van der Waals surface area contributed by atoms with Crippen LogP contribution < -0.4 is 0 Å². The van der Waals surface area contributed by atoms with Gasteiger partial charge in [0.05, 0.1) is 25.6 Å². The van der Waals surface area contributed by atoms with Gasteiger partial charge in [0.15, 0.2) is 0 Å². The highest BCUT2D eigenvalue weighted by Gasteiger charge is 2.75. The van der Waals surface area contributed by atoms with Crippen LogP contribution >= 0.6 is 0 Å². The minimum atomic E-state index is -1.54. The van der Waals surface area contributed by atoms with Crippen molar-refractivity contribution < 1.29 is 14.7 Å². The van der Waals surface area contributed by atoms with Crippen molar-refractivity contribution in [2.75, 3.05) is 20.1 Å². The van der Waals surface area contributed by atoms with Crippen LogP contribution in [0.15, 0.2) is 0 Å². The smallest absolute Gasteiger partial charge is 0.319 e. The molecule has 4 rings (SSSR count). The van der Waals surface area contributed by atoms with Gasteiger partial charge in [-0.1, -0.05) is 13.8 Å². The molecule has 3 heteroatoms. The van der Waals surface area contributed by atoms with E-state index in [1.54, 1.807) is 0 Å². The molecule has 16 heavy (non-hydrogen) atoms. The molecule has 4 bridgehead atoms. The Balaban J connectivity index is 2.18. The van der Waals surface area contributed by atoms with Gasteiger partial charge in [-0.2, -0.15) is 0 Å². The Bertz CT molecular complexity index is 317. The molecule has 2 unspecified atom stereocenters. The summed E-state index contributed by atoms with van der Waals surface area (Å²) < 4.78 is 0.427. The zero-order valence-electron chi connectivity index (χ0n) is 10.9. The van der Waals surface area contributed by atoms with Crippen LogP contribution in [0.3, 0.4) is 0 Å². The monoisotopic (exact) mass is 226 g/mol. The minimum Gasteiger partial charge on any atom is -0.319 e. The van der Waals surface area contributed by atoms with Crippen molar-refractivity contribution in [3.63, 3.8) is 0 Å². The Morgan fingerprint density at radius 2 is 1.31 bits per heavy atom. The van der Waals surface area contributed by atoms with E-state index in [2.05, 4.69) is 20.8 Å². The van der Waals surface area contributed by atoms with Crippen LogP contribution in [-0.2, 0) is 0 Å². The second kappa shape index (κ2) is 2.36. The maximum absolute atomic E-state index is 10.6. The second-order valence-corrected chi connectivity index (χ2v) is 8.06. The standard InChI is InChI=1S/C13H24NO2/c1-10-5-11(2)7-12(3,6-10)13(15,16)14(4,8-10)9-11/h15-16H,5-9H2,1-4H3/q+1. The number of nitrogens with zero attached hydrogens (tertiary/aromatic N) is 1. The van der Waals surface area contributed by atoms with Crippen molar-refractivity contribution in [3.8, 4) is 0 Å². The molecule has 4 fully saturated rings. The maximum Gasteiger partial charge on any atom is 0.319 e. The molecule has 0 aromatic heterocycles. The van der Waals surface area contributed by atoms with E-state index in [4.69, 9.17) is 0 Å². The molecule has 1 saturated carbocycles. The number of rotatable bonds is 0. The summed E-state index contributed by atoms with van der Waals surface area (Å²) >= 11 is 0. The van der Waals surface area contributed by atoms with E-state index >= 15 is 0 Å². The fourth-order valence-electron chi connectivity index (χ4n) is 6.18. The van der Waals surface area contributed by atoms with E-state index < -0.39 is 5.91 Å². The van der Waals surface area contributed by atoms with Crippen LogP contribution in [0.25, 0.3) is 0 Å². The highest BCUT2D eigenvalue weighted by Crippen LogP contribution is 2.68. The van der Waals surface area contributed by atoms with E-state index in [0.717, 1.165) is 25.9 Å². The topological polar surface area (TPSA) is 40.5 Å². The number of piperidine rings is 3. The summed E-state index contributed by atoms with van der Waals surface area (Å²) in [5.74, 6) is -1.54. The third kappa shape index (κ3) is 1.00. The lowest BCUT2D eigenvalue weighted by molar-refractivity contribution is -1.05. The van der Waals surface area contributed by atoms with Gasteiger partial charge in [0.2, 0.25) is 0 Å². The fraction of sp³-hybridized carbons (Fsp3) is 1.00. The number of hydrogen-bond acceptors (Lipinski definition) is 2. The molecule has 3 heterocycles. The Labute approximate surface area is 97.7 Å². The van der Waals surface area contributed by atoms with Gasteiger partial charge < -0.3 is 10.2 Å². The van der Waals surface area contributed by atoms with Crippen molar-refractivity contribution in [2.45, 2.75) is 45.9 Å². The molecular formula is C13H24NO2+. The predicted octanol–water partition coefficient (Wildman–Crippen LogP) is 1.30. The first kappa shape index (κ1) is 11.0. The molecular weight excluding hydrogens is 202 g/mol. The van der Waals surface area contributed by atoms with Gasteiger partial charge >= 0.3 is 5.91 Å². The van der Waals surface area contributed by atoms with Gasteiger partial charge in [-0.05, 0) is 26.2 Å². The largest absolute Gasteiger partial charge is 0.319 e. The molecule has 2 N–H and O–H groups in total. The lowest BCUT2D eigenvalue weighted by atomic mass is 9.47. The molecule has 1 aliphatic carbocycles. The summed E-state index contributed by atoms with van der Waals surface area (Å²) in [6, 6.07) is 0. The second-order valence-electron chi connectivity index (χ2n) is 8.06. The van der Waals surface area contributed by atoms with E-state index in [1.165, 1.54) is 6.42 Å². The summed E-state index contributed by atoms with van der Waals surface area (Å²) in [7, 11) is 2.02. The molecule has 3 aliphatic heterocycles. The summed E-state index contributed by atoms with van der Waals surface area (Å²) in [5.41, 5.74) is 0.257. The van der Waals surface area contributed by atoms with Crippen molar-refractivity contribution in [3.05, 3.63) is 0 Å². The molecule has 2 atom stereocenters. The van der Waals surface area contributed by atoms with Crippen LogP contribution in [-0.4, -0.2) is 40.7 Å². The molecule has 0 amide bonds. The number of quaternary nitrogens is 1. The van der Waals surface area contributed by atoms with Crippen molar-refractivity contribution >= 4 is 0 Å². The van der Waals surface area contributed by atoms with Crippen LogP contribution in [0.1, 0.15) is 40.0 Å². The Morgan fingerprint density at radius 3 is 1.69 bits per heavy atom. The lowest BCUT2D eigenvalue weighted by Crippen LogP contribution is -2.83. The van der Waals surface area contributed by atoms with Gasteiger partial charge in [-0.3, -0.25) is 4.48 Å². The first-order valence-corrected chi connectivity index (χ1v) is 6.33. The molecule has 0 aromatic rings. The Kier molecular flexibility index (Phi) is 1.62. The molecule has 4 aliphatic rings. The minimum absolute atomic E-state index is 0.295. The predicted molar refractivity (Wildman–Crippen MR) is 61.3 cm³/mol. The SMILES string of the molecule is CC12CC3(C)CC(C)(C1)C(O)(O)[N+](C)(C2)C3. The quantitative estimate of drug-likeness (QED) is 0.483. The lowest BCUT2D eigenvalue weighted by Gasteiger charge is -2.71. The Hall–Kier alpha value is -0.120. The van der Waals surface area contributed by atoms with Crippen LogP contribution in [0.5, 0.6) is 0 Å². The zero-order valence-corrected chi connectivity index (χ0v) is 10.9. The van der Waals surface area contributed by atoms with Gasteiger partial charge in [0, 0.05) is 10.8 Å². The molecule has 0 aromatic carbocycles. The van der Waals surface area contributed by atoms with Gasteiger partial charge in [0.1, 0.15) is 0 Å². The zero-order chi connectivity index (χ0) is 12.0. The van der Waals surface area contributed by atoms with E-state index in [0.29, 0.717) is 15.3 Å². The molecule has 0 radical (unpaired) electrons. The molecule has 0 spiro atoms. The highest BCUT2D eigenvalue weighted by molar-refractivity contribution is 5.08.